The molecule has 0 saturated heterocycles. The molecule has 0 aliphatic rings. The molecule has 0 aromatic heterocycles. The summed E-state index contributed by atoms with van der Waals surface area (Å²) < 4.78 is 39.6. The third-order valence-electron chi connectivity index (χ3n) is 1.12. The van der Waals surface area contributed by atoms with E-state index in [2.05, 4.69) is 0 Å². The highest BCUT2D eigenvalue weighted by Crippen LogP contribution is 2.06. The molecular formula is C5H14BF4NO. The van der Waals surface area contributed by atoms with E-state index < -0.39 is 7.25 Å². The van der Waals surface area contributed by atoms with Crippen molar-refractivity contribution >= 4 is 7.25 Å². The Labute approximate surface area is 69.5 Å². The first kappa shape index (κ1) is 14.2. The molecule has 1 unspecified atom stereocenters. The lowest BCUT2D eigenvalue weighted by Gasteiger charge is -2.26. The molecule has 1 N–H and O–H groups in total. The molecule has 0 spiro atoms. The van der Waals surface area contributed by atoms with Crippen molar-refractivity contribution in [3.63, 3.8) is 0 Å². The van der Waals surface area contributed by atoms with Crippen LogP contribution >= 0.6 is 0 Å². The van der Waals surface area contributed by atoms with Gasteiger partial charge in [0.05, 0.1) is 21.1 Å². The maximum atomic E-state index is 9.75. The molecule has 0 aliphatic carbocycles. The summed E-state index contributed by atoms with van der Waals surface area (Å²) in [6.07, 6.45) is -0.264. The van der Waals surface area contributed by atoms with Gasteiger partial charge >= 0.3 is 7.25 Å². The zero-order valence-corrected chi connectivity index (χ0v) is 7.56. The number of quaternary nitrogens is 1. The number of nitrogens with zero attached hydrogens (tertiary/aromatic N) is 1. The van der Waals surface area contributed by atoms with Gasteiger partial charge in [0.2, 0.25) is 0 Å². The molecule has 2 nitrogen and oxygen atoms in total. The summed E-state index contributed by atoms with van der Waals surface area (Å²) in [5.74, 6) is 0. The van der Waals surface area contributed by atoms with Crippen LogP contribution in [0.1, 0.15) is 6.92 Å². The van der Waals surface area contributed by atoms with E-state index in [9.17, 15) is 17.3 Å². The van der Waals surface area contributed by atoms with Crippen molar-refractivity contribution in [2.24, 2.45) is 0 Å². The van der Waals surface area contributed by atoms with Crippen LogP contribution in [0.3, 0.4) is 0 Å². The fourth-order valence-electron chi connectivity index (χ4n) is 0. The van der Waals surface area contributed by atoms with E-state index in [0.717, 1.165) is 0 Å². The van der Waals surface area contributed by atoms with Gasteiger partial charge in [0, 0.05) is 6.92 Å². The first-order chi connectivity index (χ1) is 4.94. The zero-order chi connectivity index (χ0) is 10.6. The van der Waals surface area contributed by atoms with E-state index in [1.165, 1.54) is 0 Å². The lowest BCUT2D eigenvalue weighted by molar-refractivity contribution is -0.916. The van der Waals surface area contributed by atoms with E-state index in [1.54, 1.807) is 6.92 Å². The number of halogens is 4. The molecule has 0 fully saturated rings. The van der Waals surface area contributed by atoms with Gasteiger partial charge in [-0.3, -0.25) is 0 Å². The minimum absolute atomic E-state index is 0.264. The van der Waals surface area contributed by atoms with Crippen LogP contribution in [0.4, 0.5) is 17.3 Å². The van der Waals surface area contributed by atoms with E-state index >= 15 is 0 Å². The van der Waals surface area contributed by atoms with Gasteiger partial charge in [-0.25, -0.2) is 0 Å². The van der Waals surface area contributed by atoms with E-state index in [-0.39, 0.29) is 6.23 Å². The molecule has 0 saturated carbocycles. The van der Waals surface area contributed by atoms with Gasteiger partial charge in [-0.15, -0.1) is 0 Å². The summed E-state index contributed by atoms with van der Waals surface area (Å²) in [4.78, 5) is 0. The highest BCUT2D eigenvalue weighted by Gasteiger charge is 2.20. The molecule has 0 heterocycles. The summed E-state index contributed by atoms with van der Waals surface area (Å²) in [6, 6.07) is 0. The minimum Gasteiger partial charge on any atom is -0.418 e. The van der Waals surface area contributed by atoms with Crippen molar-refractivity contribution in [1.29, 1.82) is 0 Å². The van der Waals surface area contributed by atoms with E-state index in [1.807, 2.05) is 21.1 Å². The molecular weight excluding hydrogens is 177 g/mol. The van der Waals surface area contributed by atoms with Gasteiger partial charge in [-0.05, 0) is 0 Å². The molecule has 12 heavy (non-hydrogen) atoms. The van der Waals surface area contributed by atoms with Gasteiger partial charge in [0.15, 0.2) is 6.23 Å². The molecule has 0 aromatic rings. The van der Waals surface area contributed by atoms with Crippen LogP contribution in [-0.4, -0.2) is 44.2 Å². The predicted octanol–water partition coefficient (Wildman–Crippen LogP) is 1.33. The average molecular weight is 191 g/mol. The van der Waals surface area contributed by atoms with Gasteiger partial charge in [-0.2, -0.15) is 0 Å². The van der Waals surface area contributed by atoms with Gasteiger partial charge in [0.1, 0.15) is 0 Å². The quantitative estimate of drug-likeness (QED) is 0.287. The highest BCUT2D eigenvalue weighted by molar-refractivity contribution is 6.50. The molecule has 1 atom stereocenters. The Morgan fingerprint density at radius 3 is 1.17 bits per heavy atom. The van der Waals surface area contributed by atoms with E-state index in [4.69, 9.17) is 5.11 Å². The Morgan fingerprint density at radius 1 is 1.08 bits per heavy atom. The highest BCUT2D eigenvalue weighted by atomic mass is 19.5. The first-order valence-electron chi connectivity index (χ1n) is 3.31. The second kappa shape index (κ2) is 4.66. The summed E-state index contributed by atoms with van der Waals surface area (Å²) in [7, 11) is -0.153. The largest absolute Gasteiger partial charge is 0.673 e. The number of aliphatic hydroxyl groups is 1. The Hall–Kier alpha value is -0.295. The third-order valence-corrected chi connectivity index (χ3v) is 1.12. The molecule has 0 rings (SSSR count). The first-order valence-corrected chi connectivity index (χ1v) is 3.31. The molecule has 0 bridgehead atoms. The molecule has 0 aliphatic heterocycles. The van der Waals surface area contributed by atoms with Crippen molar-refractivity contribution in [1.82, 2.24) is 0 Å². The normalized spacial score (nSPS) is 14.8. The number of hydrogen-bond acceptors (Lipinski definition) is 1. The number of aliphatic hydroxyl groups excluding tert-OH is 1. The van der Waals surface area contributed by atoms with Gasteiger partial charge in [-0.1, -0.05) is 0 Å². The Kier molecular flexibility index (Phi) is 5.53. The van der Waals surface area contributed by atoms with Gasteiger partial charge < -0.3 is 26.9 Å². The predicted molar refractivity (Wildman–Crippen MR) is 39.9 cm³/mol. The maximum Gasteiger partial charge on any atom is 0.673 e. The van der Waals surface area contributed by atoms with Crippen molar-refractivity contribution in [2.75, 3.05) is 21.1 Å². The molecule has 0 amide bonds. The third kappa shape index (κ3) is 22.6. The fourth-order valence-corrected chi connectivity index (χ4v) is 0. The number of rotatable bonds is 1. The van der Waals surface area contributed by atoms with Crippen LogP contribution in [-0.2, 0) is 0 Å². The van der Waals surface area contributed by atoms with Crippen LogP contribution in [0.25, 0.3) is 0 Å². The summed E-state index contributed by atoms with van der Waals surface area (Å²) >= 11 is 0. The Morgan fingerprint density at radius 2 is 1.17 bits per heavy atom. The zero-order valence-electron chi connectivity index (χ0n) is 7.56. The SMILES string of the molecule is CC(O)[N+](C)(C)C.F[B-](F)(F)F. The summed E-state index contributed by atoms with van der Waals surface area (Å²) in [6.45, 7) is 1.78. The Bertz CT molecular complexity index is 114. The lowest BCUT2D eigenvalue weighted by atomic mass is 10.3. The van der Waals surface area contributed by atoms with E-state index in [0.29, 0.717) is 4.48 Å². The van der Waals surface area contributed by atoms with Crippen molar-refractivity contribution in [2.45, 2.75) is 13.2 Å². The molecule has 0 aromatic carbocycles. The smallest absolute Gasteiger partial charge is 0.418 e. The number of hydrogen-bond donors (Lipinski definition) is 1. The molecule has 76 valence electrons. The molecule has 7 heteroatoms. The van der Waals surface area contributed by atoms with Crippen molar-refractivity contribution in [3.05, 3.63) is 0 Å². The second-order valence-corrected chi connectivity index (χ2v) is 3.24. The maximum absolute atomic E-state index is 9.75. The van der Waals surface area contributed by atoms with Crippen LogP contribution in [0.5, 0.6) is 0 Å². The fraction of sp³-hybridized carbons (Fsp3) is 1.00. The average Bonchev–Trinajstić information content (AvgIpc) is 1.55. The van der Waals surface area contributed by atoms with Crippen molar-refractivity contribution < 1.29 is 26.9 Å². The van der Waals surface area contributed by atoms with Crippen molar-refractivity contribution in [3.8, 4) is 0 Å². The molecule has 0 radical (unpaired) electrons. The standard InChI is InChI=1S/C5H14NO.BF4/c1-5(7)6(2,3)4;2-1(3,4)5/h5,7H,1-4H3;/q+1;-1. The topological polar surface area (TPSA) is 20.2 Å². The minimum atomic E-state index is -6.00. The Balaban J connectivity index is 0. The van der Waals surface area contributed by atoms with Crippen LogP contribution in [0.15, 0.2) is 0 Å². The van der Waals surface area contributed by atoms with Crippen LogP contribution in [0, 0.1) is 0 Å². The summed E-state index contributed by atoms with van der Waals surface area (Å²) in [5, 5.41) is 8.86. The second-order valence-electron chi connectivity index (χ2n) is 3.24. The summed E-state index contributed by atoms with van der Waals surface area (Å²) in [5.41, 5.74) is 0. The van der Waals surface area contributed by atoms with Crippen LogP contribution < -0.4 is 0 Å². The monoisotopic (exact) mass is 191 g/mol. The van der Waals surface area contributed by atoms with Crippen LogP contribution in [0.2, 0.25) is 0 Å². The van der Waals surface area contributed by atoms with Gasteiger partial charge in [0.25, 0.3) is 0 Å². The lowest BCUT2D eigenvalue weighted by Crippen LogP contribution is -2.42.